The highest BCUT2D eigenvalue weighted by Crippen LogP contribution is 2.67. The zero-order chi connectivity index (χ0) is 19.8. The Balaban J connectivity index is 1.73. The van der Waals surface area contributed by atoms with E-state index in [1.54, 1.807) is 6.92 Å². The molecule has 0 N–H and O–H groups in total. The summed E-state index contributed by atoms with van der Waals surface area (Å²) in [6, 6.07) is 0. The van der Waals surface area contributed by atoms with Crippen LogP contribution in [0.25, 0.3) is 0 Å². The maximum absolute atomic E-state index is 13.7. The van der Waals surface area contributed by atoms with Crippen LogP contribution in [0.15, 0.2) is 11.1 Å². The normalized spacial score (nSPS) is 44.6. The lowest BCUT2D eigenvalue weighted by molar-refractivity contribution is -0.136. The highest BCUT2D eigenvalue weighted by molar-refractivity contribution is 5.98. The van der Waals surface area contributed by atoms with E-state index in [4.69, 9.17) is 0 Å². The van der Waals surface area contributed by atoms with Crippen LogP contribution in [0.4, 0.5) is 13.2 Å². The van der Waals surface area contributed by atoms with Crippen molar-refractivity contribution in [3.63, 3.8) is 0 Å². The first-order valence-corrected chi connectivity index (χ1v) is 10.3. The van der Waals surface area contributed by atoms with Gasteiger partial charge in [0, 0.05) is 12.3 Å². The van der Waals surface area contributed by atoms with Gasteiger partial charge in [0.05, 0.1) is 5.57 Å². The van der Waals surface area contributed by atoms with E-state index in [0.717, 1.165) is 32.1 Å². The van der Waals surface area contributed by atoms with Crippen LogP contribution in [0.3, 0.4) is 0 Å². The van der Waals surface area contributed by atoms with E-state index in [2.05, 4.69) is 6.92 Å². The maximum atomic E-state index is 13.7. The summed E-state index contributed by atoms with van der Waals surface area (Å²) in [6.07, 6.45) is 0.854. The van der Waals surface area contributed by atoms with Crippen molar-refractivity contribution in [1.82, 2.24) is 0 Å². The maximum Gasteiger partial charge on any atom is 0.419 e. The molecule has 0 saturated heterocycles. The summed E-state index contributed by atoms with van der Waals surface area (Å²) in [6.45, 7) is 5.92. The largest absolute Gasteiger partial charge is 0.419 e. The van der Waals surface area contributed by atoms with Crippen LogP contribution in [0.2, 0.25) is 0 Å². The molecule has 5 heteroatoms. The van der Waals surface area contributed by atoms with Gasteiger partial charge in [-0.2, -0.15) is 13.2 Å². The SMILES string of the molecule is CC(=O)[C@H]1CCC2C3CCC4=C(C(F)(F)F)C(=O)CC[C@]4(C)C3CC[C@@]21C. The lowest BCUT2D eigenvalue weighted by Gasteiger charge is -2.58. The number of halogens is 3. The van der Waals surface area contributed by atoms with Crippen LogP contribution in [-0.4, -0.2) is 17.7 Å². The topological polar surface area (TPSA) is 34.1 Å². The Morgan fingerprint density at radius 1 is 1.00 bits per heavy atom. The van der Waals surface area contributed by atoms with Crippen molar-refractivity contribution in [1.29, 1.82) is 0 Å². The average molecular weight is 382 g/mol. The molecule has 0 bridgehead atoms. The summed E-state index contributed by atoms with van der Waals surface area (Å²) in [5.74, 6) is 0.664. The molecule has 3 fully saturated rings. The number of Topliss-reactive ketones (excluding diaryl/α,β-unsaturated/α-hetero) is 2. The molecule has 0 aliphatic heterocycles. The van der Waals surface area contributed by atoms with E-state index in [1.165, 1.54) is 0 Å². The molecule has 4 aliphatic rings. The highest BCUT2D eigenvalue weighted by atomic mass is 19.4. The molecule has 150 valence electrons. The van der Waals surface area contributed by atoms with Gasteiger partial charge in [-0.1, -0.05) is 13.8 Å². The summed E-state index contributed by atoms with van der Waals surface area (Å²) in [7, 11) is 0. The Morgan fingerprint density at radius 3 is 2.33 bits per heavy atom. The quantitative estimate of drug-likeness (QED) is 0.587. The molecule has 6 atom stereocenters. The first-order valence-electron chi connectivity index (χ1n) is 10.3. The van der Waals surface area contributed by atoms with E-state index in [1.807, 2.05) is 6.92 Å². The van der Waals surface area contributed by atoms with E-state index in [9.17, 15) is 22.8 Å². The third-order valence-corrected chi connectivity index (χ3v) is 8.90. The lowest BCUT2D eigenvalue weighted by Crippen LogP contribution is -2.52. The minimum Gasteiger partial charge on any atom is -0.300 e. The van der Waals surface area contributed by atoms with Gasteiger partial charge in [0.15, 0.2) is 5.78 Å². The number of rotatable bonds is 1. The second-order valence-corrected chi connectivity index (χ2v) is 9.89. The number of fused-ring (bicyclic) bond motifs is 5. The molecule has 0 aromatic heterocycles. The molecule has 27 heavy (non-hydrogen) atoms. The molecule has 0 spiro atoms. The second kappa shape index (κ2) is 5.93. The van der Waals surface area contributed by atoms with Crippen LogP contribution in [0.5, 0.6) is 0 Å². The van der Waals surface area contributed by atoms with Gasteiger partial charge >= 0.3 is 6.18 Å². The zero-order valence-electron chi connectivity index (χ0n) is 16.4. The van der Waals surface area contributed by atoms with Gasteiger partial charge in [0.1, 0.15) is 5.78 Å². The number of carbonyl (C=O) groups is 2. The Labute approximate surface area is 159 Å². The molecule has 4 aliphatic carbocycles. The Kier molecular flexibility index (Phi) is 4.22. The monoisotopic (exact) mass is 382 g/mol. The zero-order valence-corrected chi connectivity index (χ0v) is 16.4. The van der Waals surface area contributed by atoms with Crippen LogP contribution in [0.1, 0.15) is 72.1 Å². The van der Waals surface area contributed by atoms with Crippen molar-refractivity contribution in [2.24, 2.45) is 34.5 Å². The van der Waals surface area contributed by atoms with Crippen molar-refractivity contribution in [2.45, 2.75) is 78.3 Å². The van der Waals surface area contributed by atoms with E-state index < -0.39 is 22.9 Å². The van der Waals surface area contributed by atoms with Gasteiger partial charge in [-0.3, -0.25) is 9.59 Å². The molecule has 2 nitrogen and oxygen atoms in total. The van der Waals surface area contributed by atoms with E-state index in [0.29, 0.717) is 30.3 Å². The number of allylic oxidation sites excluding steroid dienone is 1. The van der Waals surface area contributed by atoms with Crippen LogP contribution in [-0.2, 0) is 9.59 Å². The predicted molar refractivity (Wildman–Crippen MR) is 95.9 cm³/mol. The smallest absolute Gasteiger partial charge is 0.300 e. The molecule has 0 aromatic rings. The first kappa shape index (κ1) is 19.2. The van der Waals surface area contributed by atoms with Crippen molar-refractivity contribution in [2.75, 3.05) is 0 Å². The van der Waals surface area contributed by atoms with E-state index in [-0.39, 0.29) is 29.5 Å². The molecule has 0 aromatic carbocycles. The van der Waals surface area contributed by atoms with Crippen LogP contribution >= 0.6 is 0 Å². The number of hydrogen-bond acceptors (Lipinski definition) is 2. The van der Waals surface area contributed by atoms with Gasteiger partial charge in [0.25, 0.3) is 0 Å². The van der Waals surface area contributed by atoms with Gasteiger partial charge in [-0.25, -0.2) is 0 Å². The summed E-state index contributed by atoms with van der Waals surface area (Å²) in [5, 5.41) is 0. The standard InChI is InChI=1S/C22H29F3O2/c1-12(26)14-6-7-15-13-4-5-17-19(22(23,24)25)18(27)9-11-21(17,3)16(13)8-10-20(14,15)2/h13-16H,4-11H2,1-3H3/t13?,14-,15?,16?,20-,21-/m1/s1. The molecular weight excluding hydrogens is 353 g/mol. The fourth-order valence-corrected chi connectivity index (χ4v) is 7.71. The first-order chi connectivity index (χ1) is 12.5. The van der Waals surface area contributed by atoms with Gasteiger partial charge in [0.2, 0.25) is 0 Å². The van der Waals surface area contributed by atoms with Gasteiger partial charge < -0.3 is 0 Å². The summed E-state index contributed by atoms with van der Waals surface area (Å²) in [5.41, 5.74) is -0.965. The number of hydrogen-bond donors (Lipinski definition) is 0. The Morgan fingerprint density at radius 2 is 1.70 bits per heavy atom. The molecule has 3 saturated carbocycles. The predicted octanol–water partition coefficient (Wildman–Crippen LogP) is 5.66. The average Bonchev–Trinajstić information content (AvgIpc) is 2.91. The third-order valence-electron chi connectivity index (χ3n) is 8.90. The molecule has 3 unspecified atom stereocenters. The second-order valence-electron chi connectivity index (χ2n) is 9.89. The van der Waals surface area contributed by atoms with Gasteiger partial charge in [-0.15, -0.1) is 0 Å². The summed E-state index contributed by atoms with van der Waals surface area (Å²) in [4.78, 5) is 24.3. The van der Waals surface area contributed by atoms with Gasteiger partial charge in [-0.05, 0) is 86.0 Å². The van der Waals surface area contributed by atoms with Crippen LogP contribution < -0.4 is 0 Å². The number of carbonyl (C=O) groups excluding carboxylic acids is 2. The lowest BCUT2D eigenvalue weighted by atomic mass is 9.46. The fraction of sp³-hybridized carbons (Fsp3) is 0.818. The number of alkyl halides is 3. The molecule has 0 heterocycles. The van der Waals surface area contributed by atoms with Crippen molar-refractivity contribution < 1.29 is 22.8 Å². The minimum atomic E-state index is -4.54. The van der Waals surface area contributed by atoms with Crippen molar-refractivity contribution in [3.8, 4) is 0 Å². The summed E-state index contributed by atoms with van der Waals surface area (Å²) >= 11 is 0. The Hall–Kier alpha value is -1.13. The minimum absolute atomic E-state index is 0.00191. The molecule has 0 radical (unpaired) electrons. The fourth-order valence-electron chi connectivity index (χ4n) is 7.71. The van der Waals surface area contributed by atoms with Crippen molar-refractivity contribution in [3.05, 3.63) is 11.1 Å². The van der Waals surface area contributed by atoms with Crippen LogP contribution in [0, 0.1) is 34.5 Å². The molecular formula is C22H29F3O2. The highest BCUT2D eigenvalue weighted by Gasteiger charge is 2.61. The van der Waals surface area contributed by atoms with Crippen molar-refractivity contribution >= 4 is 11.6 Å². The molecule has 4 rings (SSSR count). The third kappa shape index (κ3) is 2.59. The number of ketones is 2. The summed E-state index contributed by atoms with van der Waals surface area (Å²) < 4.78 is 41.0. The molecule has 0 amide bonds. The van der Waals surface area contributed by atoms with E-state index >= 15 is 0 Å². The Bertz CT molecular complexity index is 722.